The van der Waals surface area contributed by atoms with Gasteiger partial charge in [0.2, 0.25) is 0 Å². The summed E-state index contributed by atoms with van der Waals surface area (Å²) in [7, 11) is 2.00. The summed E-state index contributed by atoms with van der Waals surface area (Å²) >= 11 is 0. The van der Waals surface area contributed by atoms with E-state index in [-0.39, 0.29) is 0 Å². The second kappa shape index (κ2) is 5.76. The zero-order valence-electron chi connectivity index (χ0n) is 13.3. The van der Waals surface area contributed by atoms with E-state index in [1.165, 1.54) is 54.7 Å². The number of hydrogen-bond acceptors (Lipinski definition) is 3. The number of fused-ring (bicyclic) bond motifs is 1. The summed E-state index contributed by atoms with van der Waals surface area (Å²) in [5.74, 6) is 0.685. The highest BCUT2D eigenvalue weighted by Gasteiger charge is 2.23. The number of benzene rings is 1. The Bertz CT molecular complexity index is 653. The molecule has 0 atom stereocenters. The molecule has 0 saturated carbocycles. The number of aryl methyl sites for hydroxylation is 1. The van der Waals surface area contributed by atoms with E-state index >= 15 is 0 Å². The smallest absolute Gasteiger partial charge is 0.0524 e. The predicted molar refractivity (Wildman–Crippen MR) is 89.1 cm³/mol. The first-order valence-corrected chi connectivity index (χ1v) is 8.35. The fraction of sp³-hybridized carbons (Fsp3) is 0.500. The number of aromatic nitrogens is 2. The minimum atomic E-state index is 0.685. The molecule has 4 heteroatoms. The van der Waals surface area contributed by atoms with Crippen LogP contribution in [0.15, 0.2) is 30.6 Å². The first kappa shape index (κ1) is 13.8. The van der Waals surface area contributed by atoms with Gasteiger partial charge in [0.25, 0.3) is 0 Å². The van der Waals surface area contributed by atoms with Crippen LogP contribution in [0, 0.1) is 0 Å². The lowest BCUT2D eigenvalue weighted by Crippen LogP contribution is -2.32. The Morgan fingerprint density at radius 3 is 2.91 bits per heavy atom. The minimum absolute atomic E-state index is 0.685. The van der Waals surface area contributed by atoms with Crippen molar-refractivity contribution < 1.29 is 0 Å². The molecule has 0 amide bonds. The lowest BCUT2D eigenvalue weighted by atomic mass is 9.91. The van der Waals surface area contributed by atoms with Gasteiger partial charge in [0.1, 0.15) is 0 Å². The number of likely N-dealkylation sites (tertiary alicyclic amines) is 1. The fourth-order valence-electron chi connectivity index (χ4n) is 3.86. The van der Waals surface area contributed by atoms with Crippen molar-refractivity contribution in [1.29, 1.82) is 0 Å². The molecule has 1 N–H and O–H groups in total. The van der Waals surface area contributed by atoms with E-state index in [0.717, 1.165) is 13.1 Å². The van der Waals surface area contributed by atoms with Crippen molar-refractivity contribution in [3.05, 3.63) is 47.3 Å². The van der Waals surface area contributed by atoms with Gasteiger partial charge in [-0.25, -0.2) is 0 Å². The SMILES string of the molecule is Cn1cc(C2CCN(Cc3cccc4c3NCC4)CC2)cn1. The quantitative estimate of drug-likeness (QED) is 0.945. The van der Waals surface area contributed by atoms with Crippen molar-refractivity contribution in [1.82, 2.24) is 14.7 Å². The molecule has 0 unspecified atom stereocenters. The molecular formula is C18H24N4. The van der Waals surface area contributed by atoms with Gasteiger partial charge in [-0.05, 0) is 55.0 Å². The zero-order chi connectivity index (χ0) is 14.9. The monoisotopic (exact) mass is 296 g/mol. The van der Waals surface area contributed by atoms with Crippen LogP contribution in [0.1, 0.15) is 35.4 Å². The van der Waals surface area contributed by atoms with Gasteiger partial charge in [0, 0.05) is 32.0 Å². The lowest BCUT2D eigenvalue weighted by Gasteiger charge is -2.32. The van der Waals surface area contributed by atoms with Crippen LogP contribution in [0.3, 0.4) is 0 Å². The van der Waals surface area contributed by atoms with E-state index in [4.69, 9.17) is 0 Å². The van der Waals surface area contributed by atoms with Crippen molar-refractivity contribution in [3.63, 3.8) is 0 Å². The molecule has 116 valence electrons. The summed E-state index contributed by atoms with van der Waals surface area (Å²) in [6.45, 7) is 4.54. The molecule has 4 rings (SSSR count). The van der Waals surface area contributed by atoms with Crippen LogP contribution in [0.4, 0.5) is 5.69 Å². The van der Waals surface area contributed by atoms with Crippen molar-refractivity contribution in [2.75, 3.05) is 25.0 Å². The summed E-state index contributed by atoms with van der Waals surface area (Å²) in [5, 5.41) is 7.87. The highest BCUT2D eigenvalue weighted by Crippen LogP contribution is 2.31. The summed E-state index contributed by atoms with van der Waals surface area (Å²) < 4.78 is 1.92. The molecule has 2 aromatic rings. The summed E-state index contributed by atoms with van der Waals surface area (Å²) in [6, 6.07) is 6.75. The van der Waals surface area contributed by atoms with Gasteiger partial charge in [-0.15, -0.1) is 0 Å². The molecular weight excluding hydrogens is 272 g/mol. The Morgan fingerprint density at radius 1 is 1.27 bits per heavy atom. The van der Waals surface area contributed by atoms with Gasteiger partial charge >= 0.3 is 0 Å². The van der Waals surface area contributed by atoms with Crippen LogP contribution in [0.2, 0.25) is 0 Å². The Kier molecular flexibility index (Phi) is 3.62. The third-order valence-electron chi connectivity index (χ3n) is 5.11. The van der Waals surface area contributed by atoms with Crippen molar-refractivity contribution in [2.24, 2.45) is 7.05 Å². The molecule has 22 heavy (non-hydrogen) atoms. The normalized spacial score (nSPS) is 19.1. The molecule has 1 saturated heterocycles. The Hall–Kier alpha value is -1.81. The standard InChI is InChI=1S/C18H24N4/c1-21-12-17(11-20-21)14-6-9-22(10-7-14)13-16-4-2-3-15-5-8-19-18(15)16/h2-4,11-12,14,19H,5-10,13H2,1H3. The molecule has 2 aliphatic rings. The fourth-order valence-corrected chi connectivity index (χ4v) is 3.86. The van der Waals surface area contributed by atoms with Crippen LogP contribution in [-0.2, 0) is 20.0 Å². The lowest BCUT2D eigenvalue weighted by molar-refractivity contribution is 0.205. The van der Waals surface area contributed by atoms with Crippen molar-refractivity contribution in [3.8, 4) is 0 Å². The molecule has 4 nitrogen and oxygen atoms in total. The van der Waals surface area contributed by atoms with Gasteiger partial charge in [0.15, 0.2) is 0 Å². The first-order valence-electron chi connectivity index (χ1n) is 8.35. The van der Waals surface area contributed by atoms with Crippen molar-refractivity contribution in [2.45, 2.75) is 31.7 Å². The number of rotatable bonds is 3. The van der Waals surface area contributed by atoms with Crippen LogP contribution < -0.4 is 5.32 Å². The molecule has 0 aliphatic carbocycles. The largest absolute Gasteiger partial charge is 0.384 e. The number of nitrogens with zero attached hydrogens (tertiary/aromatic N) is 3. The molecule has 0 radical (unpaired) electrons. The summed E-state index contributed by atoms with van der Waals surface area (Å²) in [5.41, 5.74) is 5.76. The molecule has 1 fully saturated rings. The number of hydrogen-bond donors (Lipinski definition) is 1. The van der Waals surface area contributed by atoms with E-state index < -0.39 is 0 Å². The second-order valence-corrected chi connectivity index (χ2v) is 6.63. The third kappa shape index (κ3) is 2.63. The van der Waals surface area contributed by atoms with Gasteiger partial charge in [0.05, 0.1) is 6.20 Å². The predicted octanol–water partition coefficient (Wildman–Crippen LogP) is 2.77. The number of para-hydroxylation sites is 1. The maximum Gasteiger partial charge on any atom is 0.0524 e. The molecule has 3 heterocycles. The van der Waals surface area contributed by atoms with E-state index in [0.29, 0.717) is 5.92 Å². The maximum atomic E-state index is 4.31. The van der Waals surface area contributed by atoms with Gasteiger partial charge in [-0.2, -0.15) is 5.10 Å². The number of piperidine rings is 1. The van der Waals surface area contributed by atoms with Crippen molar-refractivity contribution >= 4 is 5.69 Å². The highest BCUT2D eigenvalue weighted by atomic mass is 15.2. The second-order valence-electron chi connectivity index (χ2n) is 6.63. The molecule has 1 aromatic carbocycles. The van der Waals surface area contributed by atoms with E-state index in [1.807, 2.05) is 17.9 Å². The van der Waals surface area contributed by atoms with Crippen LogP contribution in [0.25, 0.3) is 0 Å². The average molecular weight is 296 g/mol. The van der Waals surface area contributed by atoms with E-state index in [1.54, 1.807) is 0 Å². The van der Waals surface area contributed by atoms with E-state index in [2.05, 4.69) is 39.7 Å². The summed E-state index contributed by atoms with van der Waals surface area (Å²) in [4.78, 5) is 2.60. The van der Waals surface area contributed by atoms with Crippen LogP contribution in [0.5, 0.6) is 0 Å². The number of anilines is 1. The molecule has 1 aromatic heterocycles. The Balaban J connectivity index is 1.39. The van der Waals surface area contributed by atoms with Gasteiger partial charge in [-0.3, -0.25) is 9.58 Å². The van der Waals surface area contributed by atoms with Crippen LogP contribution >= 0.6 is 0 Å². The molecule has 0 bridgehead atoms. The first-order chi connectivity index (χ1) is 10.8. The Labute approximate surface area is 132 Å². The van der Waals surface area contributed by atoms with Crippen LogP contribution in [-0.4, -0.2) is 34.3 Å². The summed E-state index contributed by atoms with van der Waals surface area (Å²) in [6.07, 6.45) is 7.87. The average Bonchev–Trinajstić information content (AvgIpc) is 3.17. The zero-order valence-corrected chi connectivity index (χ0v) is 13.3. The number of nitrogens with one attached hydrogen (secondary N) is 1. The van der Waals surface area contributed by atoms with Gasteiger partial charge < -0.3 is 5.32 Å². The third-order valence-corrected chi connectivity index (χ3v) is 5.11. The molecule has 0 spiro atoms. The minimum Gasteiger partial charge on any atom is -0.384 e. The highest BCUT2D eigenvalue weighted by molar-refractivity contribution is 5.61. The Morgan fingerprint density at radius 2 is 2.14 bits per heavy atom. The molecule has 2 aliphatic heterocycles. The topological polar surface area (TPSA) is 33.1 Å². The van der Waals surface area contributed by atoms with E-state index in [9.17, 15) is 0 Å². The van der Waals surface area contributed by atoms with Gasteiger partial charge in [-0.1, -0.05) is 18.2 Å². The maximum absolute atomic E-state index is 4.31.